The van der Waals surface area contributed by atoms with E-state index in [1.54, 1.807) is 36.4 Å². The fourth-order valence-corrected chi connectivity index (χ4v) is 1.70. The monoisotopic (exact) mass is 254 g/mol. The van der Waals surface area contributed by atoms with Gasteiger partial charge in [0.05, 0.1) is 11.3 Å². The van der Waals surface area contributed by atoms with E-state index in [1.807, 2.05) is 18.2 Å². The van der Waals surface area contributed by atoms with Crippen molar-refractivity contribution < 1.29 is 9.59 Å². The van der Waals surface area contributed by atoms with Crippen LogP contribution in [0.15, 0.2) is 54.6 Å². The molecule has 2 aromatic carbocycles. The number of carbonyl (C=O) groups is 2. The first kappa shape index (κ1) is 12.8. The summed E-state index contributed by atoms with van der Waals surface area (Å²) in [5.74, 6) is -0.462. The molecule has 96 valence electrons. The average Bonchev–Trinajstić information content (AvgIpc) is 2.39. The van der Waals surface area contributed by atoms with Gasteiger partial charge in [-0.15, -0.1) is 0 Å². The minimum absolute atomic E-state index is 0.208. The Hall–Kier alpha value is -2.62. The quantitative estimate of drug-likeness (QED) is 0.884. The number of hydrogen-bond acceptors (Lipinski definition) is 2. The molecule has 4 nitrogen and oxygen atoms in total. The first-order valence-corrected chi connectivity index (χ1v) is 5.90. The summed E-state index contributed by atoms with van der Waals surface area (Å²) in [4.78, 5) is 23.3. The largest absolute Gasteiger partial charge is 0.326 e. The summed E-state index contributed by atoms with van der Waals surface area (Å²) in [7, 11) is 0. The summed E-state index contributed by atoms with van der Waals surface area (Å²) in [5, 5.41) is 5.42. The van der Waals surface area contributed by atoms with Gasteiger partial charge in [0, 0.05) is 12.6 Å². The summed E-state index contributed by atoms with van der Waals surface area (Å²) >= 11 is 0. The highest BCUT2D eigenvalue weighted by Gasteiger charge is 2.11. The van der Waals surface area contributed by atoms with E-state index in [9.17, 15) is 9.59 Å². The first-order chi connectivity index (χ1) is 9.16. The third-order valence-electron chi connectivity index (χ3n) is 2.51. The Morgan fingerprint density at radius 2 is 1.47 bits per heavy atom. The Morgan fingerprint density at radius 3 is 2.16 bits per heavy atom. The number of amides is 2. The molecule has 0 aromatic heterocycles. The lowest BCUT2D eigenvalue weighted by molar-refractivity contribution is -0.114. The summed E-state index contributed by atoms with van der Waals surface area (Å²) in [6.45, 7) is 1.41. The average molecular weight is 254 g/mol. The highest BCUT2D eigenvalue weighted by atomic mass is 16.2. The molecule has 0 aliphatic carbocycles. The van der Waals surface area contributed by atoms with Crippen molar-refractivity contribution in [2.75, 3.05) is 10.6 Å². The molecule has 0 heterocycles. The van der Waals surface area contributed by atoms with E-state index in [1.165, 1.54) is 6.92 Å². The van der Waals surface area contributed by atoms with Crippen molar-refractivity contribution in [1.29, 1.82) is 0 Å². The van der Waals surface area contributed by atoms with E-state index in [0.717, 1.165) is 0 Å². The van der Waals surface area contributed by atoms with Crippen LogP contribution in [0.1, 0.15) is 17.3 Å². The van der Waals surface area contributed by atoms with Crippen LogP contribution in [-0.2, 0) is 4.79 Å². The lowest BCUT2D eigenvalue weighted by Gasteiger charge is -2.10. The van der Waals surface area contributed by atoms with Gasteiger partial charge in [-0.1, -0.05) is 30.3 Å². The Kier molecular flexibility index (Phi) is 3.93. The van der Waals surface area contributed by atoms with Crippen LogP contribution in [0, 0.1) is 0 Å². The number of carbonyl (C=O) groups excluding carboxylic acids is 2. The van der Waals surface area contributed by atoms with Crippen molar-refractivity contribution in [1.82, 2.24) is 0 Å². The van der Waals surface area contributed by atoms with E-state index < -0.39 is 0 Å². The SMILES string of the molecule is CC(=O)Nc1ccccc1C(=O)Nc1ccccc1. The van der Waals surface area contributed by atoms with Gasteiger partial charge in [0.25, 0.3) is 5.91 Å². The van der Waals surface area contributed by atoms with Gasteiger partial charge in [-0.05, 0) is 24.3 Å². The van der Waals surface area contributed by atoms with Crippen molar-refractivity contribution in [2.45, 2.75) is 6.92 Å². The molecule has 0 aliphatic rings. The maximum Gasteiger partial charge on any atom is 0.257 e. The van der Waals surface area contributed by atoms with E-state index >= 15 is 0 Å². The minimum Gasteiger partial charge on any atom is -0.326 e. The van der Waals surface area contributed by atoms with Crippen LogP contribution < -0.4 is 10.6 Å². The topological polar surface area (TPSA) is 58.2 Å². The molecule has 0 aliphatic heterocycles. The second-order valence-corrected chi connectivity index (χ2v) is 4.05. The van der Waals surface area contributed by atoms with Crippen molar-refractivity contribution in [2.24, 2.45) is 0 Å². The van der Waals surface area contributed by atoms with Gasteiger partial charge in [-0.2, -0.15) is 0 Å². The fraction of sp³-hybridized carbons (Fsp3) is 0.0667. The molecular weight excluding hydrogens is 240 g/mol. The van der Waals surface area contributed by atoms with Crippen molar-refractivity contribution in [3.8, 4) is 0 Å². The zero-order chi connectivity index (χ0) is 13.7. The summed E-state index contributed by atoms with van der Waals surface area (Å²) in [6.07, 6.45) is 0. The van der Waals surface area contributed by atoms with Crippen molar-refractivity contribution in [3.63, 3.8) is 0 Å². The molecule has 2 amide bonds. The molecule has 0 atom stereocenters. The van der Waals surface area contributed by atoms with Gasteiger partial charge in [0.1, 0.15) is 0 Å². The molecule has 0 radical (unpaired) electrons. The van der Waals surface area contributed by atoms with Crippen LogP contribution in [0.3, 0.4) is 0 Å². The Bertz CT molecular complexity index is 594. The van der Waals surface area contributed by atoms with Gasteiger partial charge < -0.3 is 10.6 Å². The number of anilines is 2. The molecule has 4 heteroatoms. The molecule has 0 bridgehead atoms. The molecule has 0 spiro atoms. The Morgan fingerprint density at radius 1 is 0.842 bits per heavy atom. The zero-order valence-electron chi connectivity index (χ0n) is 10.5. The van der Waals surface area contributed by atoms with E-state index in [4.69, 9.17) is 0 Å². The van der Waals surface area contributed by atoms with E-state index in [0.29, 0.717) is 16.9 Å². The normalized spacial score (nSPS) is 9.74. The first-order valence-electron chi connectivity index (χ1n) is 5.90. The highest BCUT2D eigenvalue weighted by Crippen LogP contribution is 2.17. The number of nitrogens with one attached hydrogen (secondary N) is 2. The lowest BCUT2D eigenvalue weighted by Crippen LogP contribution is -2.16. The molecule has 2 rings (SSSR count). The molecule has 0 fully saturated rings. The minimum atomic E-state index is -0.254. The molecule has 2 aromatic rings. The van der Waals surface area contributed by atoms with Crippen LogP contribution in [0.4, 0.5) is 11.4 Å². The van der Waals surface area contributed by atoms with Crippen LogP contribution >= 0.6 is 0 Å². The van der Waals surface area contributed by atoms with E-state index in [-0.39, 0.29) is 11.8 Å². The lowest BCUT2D eigenvalue weighted by atomic mass is 10.1. The third-order valence-corrected chi connectivity index (χ3v) is 2.51. The maximum atomic E-state index is 12.2. The molecule has 0 saturated carbocycles. The number of hydrogen-bond donors (Lipinski definition) is 2. The highest BCUT2D eigenvalue weighted by molar-refractivity contribution is 6.09. The maximum absolute atomic E-state index is 12.2. The van der Waals surface area contributed by atoms with Crippen LogP contribution in [0.2, 0.25) is 0 Å². The number of benzene rings is 2. The predicted molar refractivity (Wildman–Crippen MR) is 75.1 cm³/mol. The molecule has 0 saturated heterocycles. The second kappa shape index (κ2) is 5.82. The van der Waals surface area contributed by atoms with Gasteiger partial charge in [-0.3, -0.25) is 9.59 Å². The standard InChI is InChI=1S/C15H14N2O2/c1-11(18)16-14-10-6-5-9-13(14)15(19)17-12-7-3-2-4-8-12/h2-10H,1H3,(H,16,18)(H,17,19). The van der Waals surface area contributed by atoms with Gasteiger partial charge >= 0.3 is 0 Å². The zero-order valence-corrected chi connectivity index (χ0v) is 10.5. The predicted octanol–water partition coefficient (Wildman–Crippen LogP) is 2.90. The Labute approximate surface area is 111 Å². The van der Waals surface area contributed by atoms with Crippen molar-refractivity contribution >= 4 is 23.2 Å². The summed E-state index contributed by atoms with van der Waals surface area (Å²) in [5.41, 5.74) is 1.65. The van der Waals surface area contributed by atoms with Crippen molar-refractivity contribution in [3.05, 3.63) is 60.2 Å². The number of rotatable bonds is 3. The molecule has 2 N–H and O–H groups in total. The van der Waals surface area contributed by atoms with Crippen LogP contribution in [0.25, 0.3) is 0 Å². The van der Waals surface area contributed by atoms with E-state index in [2.05, 4.69) is 10.6 Å². The number of para-hydroxylation sites is 2. The van der Waals surface area contributed by atoms with Crippen LogP contribution in [0.5, 0.6) is 0 Å². The van der Waals surface area contributed by atoms with Gasteiger partial charge in [0.2, 0.25) is 5.91 Å². The molecule has 0 unspecified atom stereocenters. The Balaban J connectivity index is 2.21. The fourth-order valence-electron chi connectivity index (χ4n) is 1.70. The summed E-state index contributed by atoms with van der Waals surface area (Å²) < 4.78 is 0. The van der Waals surface area contributed by atoms with Crippen LogP contribution in [-0.4, -0.2) is 11.8 Å². The van der Waals surface area contributed by atoms with Gasteiger partial charge in [-0.25, -0.2) is 0 Å². The van der Waals surface area contributed by atoms with Gasteiger partial charge in [0.15, 0.2) is 0 Å². The summed E-state index contributed by atoms with van der Waals surface area (Å²) in [6, 6.07) is 16.1. The molecule has 19 heavy (non-hydrogen) atoms. The second-order valence-electron chi connectivity index (χ2n) is 4.05. The third kappa shape index (κ3) is 3.42. The smallest absolute Gasteiger partial charge is 0.257 e. The molecular formula is C15H14N2O2.